The van der Waals surface area contributed by atoms with Crippen molar-refractivity contribution in [3.8, 4) is 23.0 Å². The molecule has 3 heterocycles. The fourth-order valence-electron chi connectivity index (χ4n) is 3.83. The lowest BCUT2D eigenvalue weighted by atomic mass is 10.1. The minimum Gasteiger partial charge on any atom is -0.378 e. The van der Waals surface area contributed by atoms with Crippen LogP contribution < -0.4 is 4.90 Å². The monoisotopic (exact) mass is 429 g/mol. The van der Waals surface area contributed by atoms with Crippen LogP contribution in [0.25, 0.3) is 23.0 Å². The first-order valence-electron chi connectivity index (χ1n) is 10.5. The third-order valence-electron chi connectivity index (χ3n) is 5.62. The second-order valence-corrected chi connectivity index (χ2v) is 8.01. The van der Waals surface area contributed by atoms with E-state index in [-0.39, 0.29) is 11.9 Å². The molecule has 0 saturated carbocycles. The number of likely N-dealkylation sites (tertiary alicyclic amines) is 1. The lowest BCUT2D eigenvalue weighted by Crippen LogP contribution is -2.29. The van der Waals surface area contributed by atoms with Gasteiger partial charge >= 0.3 is 0 Å². The predicted molar refractivity (Wildman–Crippen MR) is 119 cm³/mol. The van der Waals surface area contributed by atoms with Crippen molar-refractivity contribution in [2.24, 2.45) is 0 Å². The summed E-state index contributed by atoms with van der Waals surface area (Å²) in [6.07, 6.45) is 2.61. The molecule has 1 atom stereocenters. The average molecular weight is 429 g/mol. The Balaban J connectivity index is 1.28. The molecule has 0 aliphatic carbocycles. The molecular weight excluding hydrogens is 406 g/mol. The SMILES string of the molecule is CN(C)c1cccc(C(=O)N2CC[C@@H](n3cc(-c4nc(-c5ccccc5)no4)nn3)C2)c1. The molecule has 1 aliphatic rings. The van der Waals surface area contributed by atoms with Gasteiger partial charge in [0.1, 0.15) is 0 Å². The van der Waals surface area contributed by atoms with Gasteiger partial charge in [-0.1, -0.05) is 46.8 Å². The van der Waals surface area contributed by atoms with Crippen LogP contribution >= 0.6 is 0 Å². The van der Waals surface area contributed by atoms with Gasteiger partial charge in [-0.05, 0) is 24.6 Å². The second-order valence-electron chi connectivity index (χ2n) is 8.01. The summed E-state index contributed by atoms with van der Waals surface area (Å²) in [5, 5.41) is 12.5. The summed E-state index contributed by atoms with van der Waals surface area (Å²) in [7, 11) is 3.92. The number of carbonyl (C=O) groups excluding carboxylic acids is 1. The van der Waals surface area contributed by atoms with Gasteiger partial charge in [0.15, 0.2) is 5.69 Å². The lowest BCUT2D eigenvalue weighted by Gasteiger charge is -2.18. The third-order valence-corrected chi connectivity index (χ3v) is 5.62. The van der Waals surface area contributed by atoms with Crippen LogP contribution in [0.5, 0.6) is 0 Å². The molecule has 9 heteroatoms. The quantitative estimate of drug-likeness (QED) is 0.481. The van der Waals surface area contributed by atoms with Crippen LogP contribution in [0.15, 0.2) is 65.3 Å². The molecule has 0 unspecified atom stereocenters. The first kappa shape index (κ1) is 19.9. The van der Waals surface area contributed by atoms with Gasteiger partial charge in [0.2, 0.25) is 5.82 Å². The summed E-state index contributed by atoms with van der Waals surface area (Å²) >= 11 is 0. The van der Waals surface area contributed by atoms with Gasteiger partial charge in [0, 0.05) is 44.0 Å². The third kappa shape index (κ3) is 3.84. The summed E-state index contributed by atoms with van der Waals surface area (Å²) in [4.78, 5) is 21.3. The van der Waals surface area contributed by atoms with Gasteiger partial charge in [-0.15, -0.1) is 5.10 Å². The maximum Gasteiger partial charge on any atom is 0.280 e. The Labute approximate surface area is 185 Å². The van der Waals surface area contributed by atoms with E-state index in [2.05, 4.69) is 20.5 Å². The minimum atomic E-state index is 0.0287. The number of hydrogen-bond donors (Lipinski definition) is 0. The van der Waals surface area contributed by atoms with Crippen LogP contribution in [0.3, 0.4) is 0 Å². The summed E-state index contributed by atoms with van der Waals surface area (Å²) in [6, 6.07) is 17.3. The largest absolute Gasteiger partial charge is 0.378 e. The van der Waals surface area contributed by atoms with Gasteiger partial charge in [-0.2, -0.15) is 4.98 Å². The number of nitrogens with zero attached hydrogens (tertiary/aromatic N) is 7. The van der Waals surface area contributed by atoms with Crippen LogP contribution in [-0.2, 0) is 0 Å². The highest BCUT2D eigenvalue weighted by Crippen LogP contribution is 2.26. The van der Waals surface area contributed by atoms with Crippen molar-refractivity contribution in [3.05, 3.63) is 66.4 Å². The van der Waals surface area contributed by atoms with E-state index in [0.717, 1.165) is 17.7 Å². The van der Waals surface area contributed by atoms with E-state index in [0.29, 0.717) is 36.1 Å². The number of benzene rings is 2. The molecule has 2 aromatic carbocycles. The maximum absolute atomic E-state index is 13.0. The molecule has 1 fully saturated rings. The molecule has 9 nitrogen and oxygen atoms in total. The van der Waals surface area contributed by atoms with Crippen LogP contribution in [0.2, 0.25) is 0 Å². The topological polar surface area (TPSA) is 93.2 Å². The molecule has 1 aliphatic heterocycles. The molecule has 1 amide bonds. The van der Waals surface area contributed by atoms with Crippen molar-refractivity contribution in [1.29, 1.82) is 0 Å². The van der Waals surface area contributed by atoms with Crippen LogP contribution in [-0.4, -0.2) is 63.1 Å². The zero-order chi connectivity index (χ0) is 22.1. The number of amides is 1. The van der Waals surface area contributed by atoms with Gasteiger partial charge in [0.05, 0.1) is 12.2 Å². The Morgan fingerprint density at radius 3 is 2.78 bits per heavy atom. The van der Waals surface area contributed by atoms with Crippen molar-refractivity contribution in [2.75, 3.05) is 32.1 Å². The number of anilines is 1. The van der Waals surface area contributed by atoms with Gasteiger partial charge in [0.25, 0.3) is 11.8 Å². The maximum atomic E-state index is 13.0. The molecule has 32 heavy (non-hydrogen) atoms. The fraction of sp³-hybridized carbons (Fsp3) is 0.261. The molecule has 0 radical (unpaired) electrons. The Kier molecular flexibility index (Phi) is 5.14. The second kappa shape index (κ2) is 8.26. The summed E-state index contributed by atoms with van der Waals surface area (Å²) in [5.41, 5.74) is 3.08. The highest BCUT2D eigenvalue weighted by atomic mass is 16.5. The molecule has 5 rings (SSSR count). The van der Waals surface area contributed by atoms with E-state index < -0.39 is 0 Å². The molecule has 1 saturated heterocycles. The first-order chi connectivity index (χ1) is 15.6. The average Bonchev–Trinajstić information content (AvgIpc) is 3.59. The minimum absolute atomic E-state index is 0.0287. The molecule has 2 aromatic heterocycles. The van der Waals surface area contributed by atoms with Gasteiger partial charge < -0.3 is 14.3 Å². The van der Waals surface area contributed by atoms with E-state index in [1.54, 1.807) is 10.9 Å². The summed E-state index contributed by atoms with van der Waals surface area (Å²) < 4.78 is 7.17. The van der Waals surface area contributed by atoms with Crippen LogP contribution in [0.1, 0.15) is 22.8 Å². The first-order valence-corrected chi connectivity index (χ1v) is 10.5. The zero-order valence-electron chi connectivity index (χ0n) is 17.9. The standard InChI is InChI=1S/C23H23N7O2/c1-28(2)18-10-6-9-17(13-18)23(31)29-12-11-19(14-29)30-15-20(25-27-30)22-24-21(26-32-22)16-7-4-3-5-8-16/h3-10,13,15,19H,11-12,14H2,1-2H3/t19-/m1/s1. The lowest BCUT2D eigenvalue weighted by molar-refractivity contribution is 0.0787. The van der Waals surface area contributed by atoms with Crippen molar-refractivity contribution in [1.82, 2.24) is 30.0 Å². The van der Waals surface area contributed by atoms with Gasteiger partial charge in [-0.3, -0.25) is 4.79 Å². The smallest absolute Gasteiger partial charge is 0.280 e. The van der Waals surface area contributed by atoms with Crippen molar-refractivity contribution >= 4 is 11.6 Å². The van der Waals surface area contributed by atoms with E-state index in [9.17, 15) is 4.79 Å². The molecule has 0 spiro atoms. The van der Waals surface area contributed by atoms with Crippen LogP contribution in [0, 0.1) is 0 Å². The van der Waals surface area contributed by atoms with Crippen molar-refractivity contribution < 1.29 is 9.32 Å². The summed E-state index contributed by atoms with van der Waals surface area (Å²) in [5.74, 6) is 0.857. The Morgan fingerprint density at radius 1 is 1.12 bits per heavy atom. The van der Waals surface area contributed by atoms with E-state index in [4.69, 9.17) is 4.52 Å². The zero-order valence-corrected chi connectivity index (χ0v) is 17.9. The van der Waals surface area contributed by atoms with Crippen molar-refractivity contribution in [2.45, 2.75) is 12.5 Å². The predicted octanol–water partition coefficient (Wildman–Crippen LogP) is 3.15. The molecular formula is C23H23N7O2. The highest BCUT2D eigenvalue weighted by molar-refractivity contribution is 5.95. The fourth-order valence-corrected chi connectivity index (χ4v) is 3.83. The number of aromatic nitrogens is 5. The Morgan fingerprint density at radius 2 is 1.97 bits per heavy atom. The number of carbonyl (C=O) groups is 1. The van der Waals surface area contributed by atoms with Crippen molar-refractivity contribution in [3.63, 3.8) is 0 Å². The van der Waals surface area contributed by atoms with E-state index >= 15 is 0 Å². The number of rotatable bonds is 5. The van der Waals surface area contributed by atoms with Crippen LogP contribution in [0.4, 0.5) is 5.69 Å². The summed E-state index contributed by atoms with van der Waals surface area (Å²) in [6.45, 7) is 1.25. The highest BCUT2D eigenvalue weighted by Gasteiger charge is 2.29. The van der Waals surface area contributed by atoms with Gasteiger partial charge in [-0.25, -0.2) is 4.68 Å². The number of hydrogen-bond acceptors (Lipinski definition) is 7. The van der Waals surface area contributed by atoms with E-state index in [1.165, 1.54) is 0 Å². The molecule has 4 aromatic rings. The Hall–Kier alpha value is -4.01. The Bertz CT molecular complexity index is 1230. The molecule has 162 valence electrons. The normalized spacial score (nSPS) is 15.8. The molecule has 0 bridgehead atoms. The molecule has 0 N–H and O–H groups in total. The van der Waals surface area contributed by atoms with E-state index in [1.807, 2.05) is 78.5 Å².